The third kappa shape index (κ3) is 3.88. The van der Waals surface area contributed by atoms with Gasteiger partial charge in [-0.3, -0.25) is 4.98 Å². The molecule has 0 bridgehead atoms. The van der Waals surface area contributed by atoms with Crippen LogP contribution in [0.25, 0.3) is 21.9 Å². The molecule has 0 fully saturated rings. The molecule has 0 unspecified atom stereocenters. The molecule has 0 spiro atoms. The zero-order valence-electron chi connectivity index (χ0n) is 14.3. The van der Waals surface area contributed by atoms with Crippen LogP contribution in [0, 0.1) is 0 Å². The number of hydrogen-bond acceptors (Lipinski definition) is 4. The molecule has 0 saturated carbocycles. The van der Waals surface area contributed by atoms with E-state index in [0.717, 1.165) is 16.9 Å². The van der Waals surface area contributed by atoms with Crippen molar-refractivity contribution in [2.24, 2.45) is 0 Å². The van der Waals surface area contributed by atoms with E-state index < -0.39 is 0 Å². The maximum Gasteiger partial charge on any atom is 0.149 e. The molecule has 132 valence electrons. The number of para-hydroxylation sites is 1. The van der Waals surface area contributed by atoms with E-state index in [1.54, 1.807) is 36.9 Å². The van der Waals surface area contributed by atoms with Crippen molar-refractivity contribution in [2.75, 3.05) is 5.32 Å². The number of rotatable bonds is 2. The molecular formula is C21H16ClN5. The molecule has 0 atom stereocenters. The Hall–Kier alpha value is -3.44. The van der Waals surface area contributed by atoms with Gasteiger partial charge in [0.25, 0.3) is 0 Å². The van der Waals surface area contributed by atoms with Crippen LogP contribution in [0.15, 0.2) is 85.5 Å². The van der Waals surface area contributed by atoms with E-state index in [4.69, 9.17) is 11.6 Å². The lowest BCUT2D eigenvalue weighted by Crippen LogP contribution is -1.93. The summed E-state index contributed by atoms with van der Waals surface area (Å²) in [5.41, 5.74) is 3.03. The van der Waals surface area contributed by atoms with Crippen molar-refractivity contribution in [1.29, 1.82) is 0 Å². The normalized spacial score (nSPS) is 10.4. The van der Waals surface area contributed by atoms with Gasteiger partial charge in [0.2, 0.25) is 0 Å². The third-order valence-electron chi connectivity index (χ3n) is 3.98. The average Bonchev–Trinajstić information content (AvgIpc) is 3.10. The summed E-state index contributed by atoms with van der Waals surface area (Å²) in [6.07, 6.45) is 6.91. The number of anilines is 2. The Morgan fingerprint density at radius 2 is 1.48 bits per heavy atom. The Bertz CT molecular complexity index is 1120. The molecule has 6 heteroatoms. The van der Waals surface area contributed by atoms with Gasteiger partial charge in [0.05, 0.1) is 5.02 Å². The zero-order valence-corrected chi connectivity index (χ0v) is 15.1. The first kappa shape index (κ1) is 17.0. The molecule has 0 radical (unpaired) electrons. The van der Waals surface area contributed by atoms with E-state index in [-0.39, 0.29) is 0 Å². The van der Waals surface area contributed by atoms with Gasteiger partial charge in [-0.1, -0.05) is 29.8 Å². The minimum Gasteiger partial charge on any atom is -0.339 e. The molecule has 0 aliphatic rings. The molecule has 5 nitrogen and oxygen atoms in total. The number of hydrogen-bond donors (Lipinski definition) is 2. The third-order valence-corrected chi connectivity index (χ3v) is 4.28. The van der Waals surface area contributed by atoms with Gasteiger partial charge in [-0.05, 0) is 42.5 Å². The minimum atomic E-state index is 0.601. The molecule has 0 aliphatic carbocycles. The fraction of sp³-hybridized carbons (Fsp3) is 0. The van der Waals surface area contributed by atoms with Crippen molar-refractivity contribution < 1.29 is 0 Å². The van der Waals surface area contributed by atoms with E-state index in [2.05, 4.69) is 43.5 Å². The fourth-order valence-corrected chi connectivity index (χ4v) is 2.90. The van der Waals surface area contributed by atoms with Crippen molar-refractivity contribution in [3.8, 4) is 0 Å². The largest absolute Gasteiger partial charge is 0.339 e. The maximum atomic E-state index is 5.93. The van der Waals surface area contributed by atoms with Gasteiger partial charge in [-0.25, -0.2) is 9.97 Å². The lowest BCUT2D eigenvalue weighted by molar-refractivity contribution is 1.28. The first-order valence-electron chi connectivity index (χ1n) is 8.40. The van der Waals surface area contributed by atoms with Gasteiger partial charge < -0.3 is 10.3 Å². The van der Waals surface area contributed by atoms with Crippen molar-refractivity contribution in [1.82, 2.24) is 19.9 Å². The van der Waals surface area contributed by atoms with E-state index in [9.17, 15) is 0 Å². The highest BCUT2D eigenvalue weighted by Gasteiger charge is 2.01. The van der Waals surface area contributed by atoms with Crippen molar-refractivity contribution >= 4 is 45.0 Å². The van der Waals surface area contributed by atoms with Gasteiger partial charge in [0.1, 0.15) is 11.5 Å². The molecule has 0 amide bonds. The van der Waals surface area contributed by atoms with Crippen LogP contribution in [-0.2, 0) is 0 Å². The minimum absolute atomic E-state index is 0.601. The predicted molar refractivity (Wildman–Crippen MR) is 110 cm³/mol. The predicted octanol–water partition coefficient (Wildman–Crippen LogP) is 5.59. The monoisotopic (exact) mass is 373 g/mol. The first-order valence-corrected chi connectivity index (χ1v) is 8.78. The molecule has 5 rings (SSSR count). The highest BCUT2D eigenvalue weighted by atomic mass is 35.5. The number of pyridine rings is 3. The van der Waals surface area contributed by atoms with E-state index in [1.165, 1.54) is 10.8 Å². The smallest absolute Gasteiger partial charge is 0.149 e. The molecule has 0 aliphatic heterocycles. The molecule has 1 aromatic carbocycles. The lowest BCUT2D eigenvalue weighted by Gasteiger charge is -2.05. The summed E-state index contributed by atoms with van der Waals surface area (Å²) in [7, 11) is 0. The summed E-state index contributed by atoms with van der Waals surface area (Å²) in [4.78, 5) is 15.6. The van der Waals surface area contributed by atoms with Gasteiger partial charge >= 0.3 is 0 Å². The summed E-state index contributed by atoms with van der Waals surface area (Å²) >= 11 is 5.93. The van der Waals surface area contributed by atoms with Crippen LogP contribution in [0.3, 0.4) is 0 Å². The number of fused-ring (bicyclic) bond motifs is 3. The maximum absolute atomic E-state index is 5.93. The SMILES string of the molecule is Clc1cccnc1Nc1ccncc1.c1ccc2c(c1)[nH]c1ncccc12. The van der Waals surface area contributed by atoms with Crippen molar-refractivity contribution in [3.63, 3.8) is 0 Å². The fourth-order valence-electron chi connectivity index (χ4n) is 2.73. The van der Waals surface area contributed by atoms with Crippen LogP contribution in [0.4, 0.5) is 11.5 Å². The quantitative estimate of drug-likeness (QED) is 0.423. The Labute approximate surface area is 161 Å². The number of benzene rings is 1. The molecule has 2 N–H and O–H groups in total. The second-order valence-electron chi connectivity index (χ2n) is 5.76. The zero-order chi connectivity index (χ0) is 18.5. The van der Waals surface area contributed by atoms with E-state index in [1.807, 2.05) is 30.3 Å². The Balaban J connectivity index is 0.000000134. The molecule has 4 heterocycles. The van der Waals surface area contributed by atoms with Gasteiger partial charge in [-0.2, -0.15) is 0 Å². The van der Waals surface area contributed by atoms with Crippen molar-refractivity contribution in [2.45, 2.75) is 0 Å². The molecule has 27 heavy (non-hydrogen) atoms. The number of aromatic nitrogens is 4. The number of nitrogens with zero attached hydrogens (tertiary/aromatic N) is 3. The Kier molecular flexibility index (Phi) is 4.94. The molecule has 4 aromatic heterocycles. The number of H-pyrrole nitrogens is 1. The van der Waals surface area contributed by atoms with E-state index in [0.29, 0.717) is 10.8 Å². The van der Waals surface area contributed by atoms with Crippen molar-refractivity contribution in [3.05, 3.63) is 90.5 Å². The number of nitrogens with one attached hydrogen (secondary N) is 2. The van der Waals surface area contributed by atoms with Crippen LogP contribution >= 0.6 is 11.6 Å². The molecular weight excluding hydrogens is 358 g/mol. The Morgan fingerprint density at radius 3 is 2.33 bits per heavy atom. The van der Waals surface area contributed by atoms with Gasteiger partial charge in [0, 0.05) is 46.8 Å². The first-order chi connectivity index (χ1) is 13.3. The van der Waals surface area contributed by atoms with Crippen LogP contribution in [0.5, 0.6) is 0 Å². The van der Waals surface area contributed by atoms with Gasteiger partial charge in [0.15, 0.2) is 0 Å². The van der Waals surface area contributed by atoms with E-state index >= 15 is 0 Å². The van der Waals surface area contributed by atoms with Gasteiger partial charge in [-0.15, -0.1) is 0 Å². The summed E-state index contributed by atoms with van der Waals surface area (Å²) in [5, 5.41) is 6.12. The second-order valence-corrected chi connectivity index (χ2v) is 6.17. The summed E-state index contributed by atoms with van der Waals surface area (Å²) < 4.78 is 0. The number of aromatic amines is 1. The highest BCUT2D eigenvalue weighted by Crippen LogP contribution is 2.23. The number of halogens is 1. The average molecular weight is 374 g/mol. The standard InChI is InChI=1S/C11H8N2.C10H8ClN3/c1-2-6-10-8(4-1)9-5-3-7-12-11(9)13-10;11-9-2-1-5-13-10(9)14-8-3-6-12-7-4-8/h1-7H,(H,12,13);1-7H,(H,12,13,14). The van der Waals surface area contributed by atoms with Crippen LogP contribution in [0.2, 0.25) is 5.02 Å². The summed E-state index contributed by atoms with van der Waals surface area (Å²) in [6.45, 7) is 0. The Morgan fingerprint density at radius 1 is 0.741 bits per heavy atom. The highest BCUT2D eigenvalue weighted by molar-refractivity contribution is 6.33. The lowest BCUT2D eigenvalue weighted by atomic mass is 10.2. The molecule has 5 aromatic rings. The topological polar surface area (TPSA) is 66.5 Å². The summed E-state index contributed by atoms with van der Waals surface area (Å²) in [6, 6.07) is 19.6. The van der Waals surface area contributed by atoms with Crippen LogP contribution in [-0.4, -0.2) is 19.9 Å². The van der Waals surface area contributed by atoms with Crippen LogP contribution < -0.4 is 5.32 Å². The second kappa shape index (κ2) is 7.85. The van der Waals surface area contributed by atoms with Crippen LogP contribution in [0.1, 0.15) is 0 Å². The summed E-state index contributed by atoms with van der Waals surface area (Å²) in [5.74, 6) is 0.653. The molecule has 0 saturated heterocycles.